The molecule has 0 amide bonds. The van der Waals surface area contributed by atoms with E-state index in [1.807, 2.05) is 66.3 Å². The predicted octanol–water partition coefficient (Wildman–Crippen LogP) is 4.64. The van der Waals surface area contributed by atoms with Crippen molar-refractivity contribution in [3.63, 3.8) is 0 Å². The van der Waals surface area contributed by atoms with Crippen molar-refractivity contribution in [2.45, 2.75) is 19.1 Å². The van der Waals surface area contributed by atoms with Crippen LogP contribution in [0, 0.1) is 13.8 Å². The van der Waals surface area contributed by atoms with E-state index >= 15 is 0 Å². The molecule has 5 aromatic rings. The van der Waals surface area contributed by atoms with Gasteiger partial charge in [-0.25, -0.2) is 4.98 Å². The van der Waals surface area contributed by atoms with E-state index in [-0.39, 0.29) is 5.56 Å². The van der Waals surface area contributed by atoms with E-state index in [1.165, 1.54) is 6.07 Å². The van der Waals surface area contributed by atoms with Gasteiger partial charge in [-0.05, 0) is 54.6 Å². The first-order valence-corrected chi connectivity index (χ1v) is 11.1. The number of pyridine rings is 1. The van der Waals surface area contributed by atoms with Crippen LogP contribution in [0.1, 0.15) is 27.9 Å². The van der Waals surface area contributed by atoms with Gasteiger partial charge in [-0.1, -0.05) is 24.3 Å². The molecule has 0 saturated carbocycles. The van der Waals surface area contributed by atoms with Gasteiger partial charge in [0.15, 0.2) is 11.6 Å². The van der Waals surface area contributed by atoms with Gasteiger partial charge in [0.1, 0.15) is 10.9 Å². The van der Waals surface area contributed by atoms with Gasteiger partial charge in [0.2, 0.25) is 0 Å². The molecule has 4 aromatic heterocycles. The van der Waals surface area contributed by atoms with Gasteiger partial charge in [0, 0.05) is 18.0 Å². The number of nitrogens with zero attached hydrogens (tertiary/aromatic N) is 5. The molecular weight excluding hydrogens is 426 g/mol. The molecule has 0 bridgehead atoms. The number of fused-ring (bicyclic) bond motifs is 1. The summed E-state index contributed by atoms with van der Waals surface area (Å²) in [7, 11) is 0. The maximum atomic E-state index is 12.7. The fourth-order valence-electron chi connectivity index (χ4n) is 3.56. The Morgan fingerprint density at radius 2 is 1.87 bits per heavy atom. The van der Waals surface area contributed by atoms with E-state index in [1.54, 1.807) is 21.9 Å². The Morgan fingerprint density at radius 3 is 2.65 bits per heavy atom. The maximum absolute atomic E-state index is 12.7. The monoisotopic (exact) mass is 445 g/mol. The van der Waals surface area contributed by atoms with Crippen molar-refractivity contribution >= 4 is 29.6 Å². The minimum atomic E-state index is -0.527. The van der Waals surface area contributed by atoms with Gasteiger partial charge in [-0.15, -0.1) is 21.5 Å². The Bertz CT molecular complexity index is 1450. The highest BCUT2D eigenvalue weighted by molar-refractivity contribution is 7.80. The number of hydrogen-bond donors (Lipinski definition) is 1. The lowest BCUT2D eigenvalue weighted by atomic mass is 10.2. The molecule has 0 spiro atoms. The lowest BCUT2D eigenvalue weighted by molar-refractivity contribution is 0.864. The number of benzene rings is 1. The highest BCUT2D eigenvalue weighted by Gasteiger charge is 2.24. The molecule has 154 valence electrons. The number of aryl methyl sites for hydroxylation is 2. The summed E-state index contributed by atoms with van der Waals surface area (Å²) in [5, 5.41) is 10.4. The smallest absolute Gasteiger partial charge is 0.258 e. The average Bonchev–Trinajstić information content (AvgIpc) is 3.43. The summed E-state index contributed by atoms with van der Waals surface area (Å²) in [6.07, 6.45) is 1.78. The molecule has 0 aliphatic rings. The minimum absolute atomic E-state index is 0.150. The van der Waals surface area contributed by atoms with E-state index in [9.17, 15) is 4.79 Å². The molecule has 1 atom stereocenters. The summed E-state index contributed by atoms with van der Waals surface area (Å²) in [6, 6.07) is 17.4. The lowest BCUT2D eigenvalue weighted by Crippen LogP contribution is -2.17. The quantitative estimate of drug-likeness (QED) is 0.409. The number of thiol groups is 1. The molecule has 1 aromatic carbocycles. The Morgan fingerprint density at radius 1 is 1.00 bits per heavy atom. The molecular formula is C23H19N5OS2. The third-order valence-corrected chi connectivity index (χ3v) is 6.40. The Kier molecular flexibility index (Phi) is 4.95. The second kappa shape index (κ2) is 7.79. The van der Waals surface area contributed by atoms with Crippen molar-refractivity contribution in [3.05, 3.63) is 99.2 Å². The first-order chi connectivity index (χ1) is 15.0. The van der Waals surface area contributed by atoms with E-state index in [2.05, 4.69) is 21.2 Å². The Labute approximate surface area is 188 Å². The van der Waals surface area contributed by atoms with Crippen LogP contribution in [0.25, 0.3) is 22.0 Å². The highest BCUT2D eigenvalue weighted by atomic mass is 32.1. The molecule has 0 N–H and O–H groups in total. The summed E-state index contributed by atoms with van der Waals surface area (Å²) >= 11 is 6.43. The molecule has 0 fully saturated rings. The summed E-state index contributed by atoms with van der Waals surface area (Å²) in [5.41, 5.74) is 4.02. The number of thiophene rings is 1. The van der Waals surface area contributed by atoms with Crippen molar-refractivity contribution in [2.24, 2.45) is 0 Å². The zero-order chi connectivity index (χ0) is 21.5. The molecule has 0 aliphatic carbocycles. The first-order valence-electron chi connectivity index (χ1n) is 9.75. The van der Waals surface area contributed by atoms with Crippen LogP contribution in [-0.4, -0.2) is 24.1 Å². The fraction of sp³-hybridized carbons (Fsp3) is 0.130. The highest BCUT2D eigenvalue weighted by Crippen LogP contribution is 2.33. The molecule has 1 unspecified atom stereocenters. The van der Waals surface area contributed by atoms with Crippen molar-refractivity contribution < 1.29 is 0 Å². The van der Waals surface area contributed by atoms with Gasteiger partial charge >= 0.3 is 0 Å². The molecule has 0 aliphatic heterocycles. The van der Waals surface area contributed by atoms with E-state index in [0.717, 1.165) is 27.5 Å². The van der Waals surface area contributed by atoms with E-state index in [4.69, 9.17) is 12.6 Å². The van der Waals surface area contributed by atoms with E-state index in [0.29, 0.717) is 17.2 Å². The van der Waals surface area contributed by atoms with Gasteiger partial charge in [0.25, 0.3) is 5.56 Å². The third-order valence-electron chi connectivity index (χ3n) is 5.04. The SMILES string of the molecule is Cc1cccc(-n2c(-c3cccs3)nnc2C(S)c2cc(=O)n3cc(C)ccc3n2)c1. The normalized spacial score (nSPS) is 12.4. The summed E-state index contributed by atoms with van der Waals surface area (Å²) in [4.78, 5) is 18.4. The summed E-state index contributed by atoms with van der Waals surface area (Å²) < 4.78 is 3.54. The Hall–Kier alpha value is -3.23. The van der Waals surface area contributed by atoms with Crippen LogP contribution >= 0.6 is 24.0 Å². The van der Waals surface area contributed by atoms with Crippen molar-refractivity contribution in [3.8, 4) is 16.4 Å². The Balaban J connectivity index is 1.69. The first kappa shape index (κ1) is 19.7. The van der Waals surface area contributed by atoms with Crippen molar-refractivity contribution in [1.29, 1.82) is 0 Å². The zero-order valence-electron chi connectivity index (χ0n) is 16.9. The van der Waals surface area contributed by atoms with Crippen LogP contribution in [-0.2, 0) is 0 Å². The van der Waals surface area contributed by atoms with Crippen molar-refractivity contribution in [2.75, 3.05) is 0 Å². The van der Waals surface area contributed by atoms with Gasteiger partial charge < -0.3 is 0 Å². The second-order valence-corrected chi connectivity index (χ2v) is 8.85. The van der Waals surface area contributed by atoms with Crippen LogP contribution in [0.15, 0.2) is 71.0 Å². The molecule has 4 heterocycles. The molecule has 0 saturated heterocycles. The molecule has 0 radical (unpaired) electrons. The van der Waals surface area contributed by atoms with Crippen LogP contribution in [0.4, 0.5) is 0 Å². The van der Waals surface area contributed by atoms with Crippen LogP contribution in [0.3, 0.4) is 0 Å². The largest absolute Gasteiger partial charge is 0.277 e. The zero-order valence-corrected chi connectivity index (χ0v) is 18.6. The van der Waals surface area contributed by atoms with Crippen LogP contribution in [0.2, 0.25) is 0 Å². The molecule has 31 heavy (non-hydrogen) atoms. The van der Waals surface area contributed by atoms with Crippen LogP contribution < -0.4 is 5.56 Å². The predicted molar refractivity (Wildman–Crippen MR) is 126 cm³/mol. The topological polar surface area (TPSA) is 65.1 Å². The van der Waals surface area contributed by atoms with E-state index < -0.39 is 5.25 Å². The summed E-state index contributed by atoms with van der Waals surface area (Å²) in [6.45, 7) is 3.99. The second-order valence-electron chi connectivity index (χ2n) is 7.39. The van der Waals surface area contributed by atoms with Gasteiger partial charge in [-0.3, -0.25) is 13.8 Å². The van der Waals surface area contributed by atoms with Gasteiger partial charge in [0.05, 0.1) is 10.6 Å². The van der Waals surface area contributed by atoms with Gasteiger partial charge in [-0.2, -0.15) is 12.6 Å². The molecule has 5 rings (SSSR count). The number of hydrogen-bond acceptors (Lipinski definition) is 6. The van der Waals surface area contributed by atoms with Crippen molar-refractivity contribution in [1.82, 2.24) is 24.1 Å². The fourth-order valence-corrected chi connectivity index (χ4v) is 4.56. The maximum Gasteiger partial charge on any atom is 0.258 e. The summed E-state index contributed by atoms with van der Waals surface area (Å²) in [5.74, 6) is 1.35. The lowest BCUT2D eigenvalue weighted by Gasteiger charge is -2.15. The minimum Gasteiger partial charge on any atom is -0.277 e. The number of rotatable bonds is 4. The number of aromatic nitrogens is 5. The molecule has 6 nitrogen and oxygen atoms in total. The standard InChI is InChI=1S/C23H19N5OS2/c1-14-5-3-6-16(11-14)28-22(18-7-4-10-31-18)25-26-23(28)21(30)17-12-20(29)27-13-15(2)8-9-19(27)24-17/h3-13,21,30H,1-2H3. The average molecular weight is 446 g/mol. The van der Waals surface area contributed by atoms with Crippen LogP contribution in [0.5, 0.6) is 0 Å². The molecule has 8 heteroatoms. The third kappa shape index (κ3) is 3.58.